The second-order valence-corrected chi connectivity index (χ2v) is 6.61. The molecule has 0 spiro atoms. The van der Waals surface area contributed by atoms with Crippen molar-refractivity contribution < 1.29 is 9.53 Å². The van der Waals surface area contributed by atoms with Crippen molar-refractivity contribution in [2.75, 3.05) is 11.9 Å². The molecular formula is C20H24BrNO2. The van der Waals surface area contributed by atoms with Crippen molar-refractivity contribution in [3.8, 4) is 5.75 Å². The van der Waals surface area contributed by atoms with Gasteiger partial charge in [0.05, 0.1) is 5.69 Å². The number of ether oxygens (including phenoxy) is 1. The maximum Gasteiger partial charge on any atom is 0.262 e. The van der Waals surface area contributed by atoms with E-state index in [0.717, 1.165) is 28.8 Å². The van der Waals surface area contributed by atoms with Crippen LogP contribution in [0.1, 0.15) is 37.8 Å². The molecular weight excluding hydrogens is 366 g/mol. The number of benzene rings is 2. The van der Waals surface area contributed by atoms with Gasteiger partial charge in [0.1, 0.15) is 5.75 Å². The van der Waals surface area contributed by atoms with E-state index in [0.29, 0.717) is 0 Å². The Bertz CT molecular complexity index is 685. The summed E-state index contributed by atoms with van der Waals surface area (Å²) >= 11 is 3.53. The van der Waals surface area contributed by atoms with Gasteiger partial charge in [0.15, 0.2) is 6.61 Å². The first-order valence-corrected chi connectivity index (χ1v) is 9.21. The molecule has 3 nitrogen and oxygen atoms in total. The highest BCUT2D eigenvalue weighted by atomic mass is 79.9. The zero-order valence-corrected chi connectivity index (χ0v) is 15.9. The molecule has 0 aliphatic carbocycles. The average Bonchev–Trinajstić information content (AvgIpc) is 2.60. The summed E-state index contributed by atoms with van der Waals surface area (Å²) in [5.74, 6) is 0.553. The van der Waals surface area contributed by atoms with Crippen LogP contribution < -0.4 is 10.1 Å². The lowest BCUT2D eigenvalue weighted by Crippen LogP contribution is -2.20. The molecule has 0 radical (unpaired) electrons. The summed E-state index contributed by atoms with van der Waals surface area (Å²) in [4.78, 5) is 12.1. The molecule has 128 valence electrons. The summed E-state index contributed by atoms with van der Waals surface area (Å²) in [5, 5.41) is 2.88. The van der Waals surface area contributed by atoms with Crippen LogP contribution in [0.3, 0.4) is 0 Å². The number of anilines is 1. The minimum atomic E-state index is -0.168. The van der Waals surface area contributed by atoms with E-state index in [-0.39, 0.29) is 12.5 Å². The van der Waals surface area contributed by atoms with Crippen molar-refractivity contribution in [1.29, 1.82) is 0 Å². The van der Waals surface area contributed by atoms with E-state index in [9.17, 15) is 4.79 Å². The van der Waals surface area contributed by atoms with E-state index in [1.54, 1.807) is 0 Å². The molecule has 0 fully saturated rings. The van der Waals surface area contributed by atoms with Crippen LogP contribution in [-0.2, 0) is 17.6 Å². The Morgan fingerprint density at radius 1 is 1.12 bits per heavy atom. The molecule has 0 unspecified atom stereocenters. The molecule has 1 amide bonds. The zero-order valence-electron chi connectivity index (χ0n) is 14.3. The lowest BCUT2D eigenvalue weighted by atomic mass is 10.1. The number of carbonyl (C=O) groups is 1. The third kappa shape index (κ3) is 5.68. The molecule has 0 saturated heterocycles. The first kappa shape index (κ1) is 18.5. The summed E-state index contributed by atoms with van der Waals surface area (Å²) in [5.41, 5.74) is 3.24. The Kier molecular flexibility index (Phi) is 7.32. The van der Waals surface area contributed by atoms with Crippen LogP contribution in [0.4, 0.5) is 5.69 Å². The van der Waals surface area contributed by atoms with Crippen LogP contribution in [-0.4, -0.2) is 12.5 Å². The molecule has 2 aromatic carbocycles. The number of hydrogen-bond donors (Lipinski definition) is 1. The normalized spacial score (nSPS) is 10.5. The van der Waals surface area contributed by atoms with E-state index in [1.165, 1.54) is 24.0 Å². The van der Waals surface area contributed by atoms with Gasteiger partial charge in [-0.05, 0) is 70.6 Å². The molecule has 0 aliphatic rings. The third-order valence-corrected chi connectivity index (χ3v) is 4.46. The highest BCUT2D eigenvalue weighted by molar-refractivity contribution is 9.10. The topological polar surface area (TPSA) is 38.3 Å². The van der Waals surface area contributed by atoms with Crippen LogP contribution in [0.15, 0.2) is 46.9 Å². The maximum atomic E-state index is 12.1. The molecule has 1 N–H and O–H groups in total. The average molecular weight is 390 g/mol. The largest absolute Gasteiger partial charge is 0.484 e. The second-order valence-electron chi connectivity index (χ2n) is 5.76. The summed E-state index contributed by atoms with van der Waals surface area (Å²) in [6.45, 7) is 4.27. The number of hydrogen-bond acceptors (Lipinski definition) is 2. The number of nitrogens with one attached hydrogen (secondary N) is 1. The smallest absolute Gasteiger partial charge is 0.262 e. The Morgan fingerprint density at radius 2 is 1.96 bits per heavy atom. The number of carbonyl (C=O) groups excluding carboxylic acids is 1. The fraction of sp³-hybridized carbons (Fsp3) is 0.350. The predicted octanol–water partition coefficient (Wildman–Crippen LogP) is 5.37. The number of rotatable bonds is 8. The molecule has 0 heterocycles. The number of aryl methyl sites for hydroxylation is 2. The minimum absolute atomic E-state index is 0.00278. The quantitative estimate of drug-likeness (QED) is 0.658. The van der Waals surface area contributed by atoms with Crippen molar-refractivity contribution >= 4 is 27.5 Å². The summed E-state index contributed by atoms with van der Waals surface area (Å²) in [6, 6.07) is 13.9. The molecule has 0 saturated carbocycles. The Hall–Kier alpha value is -1.81. The second kappa shape index (κ2) is 9.48. The van der Waals surface area contributed by atoms with E-state index < -0.39 is 0 Å². The highest BCUT2D eigenvalue weighted by Crippen LogP contribution is 2.24. The lowest BCUT2D eigenvalue weighted by molar-refractivity contribution is -0.118. The Balaban J connectivity index is 1.89. The van der Waals surface area contributed by atoms with Crippen molar-refractivity contribution in [1.82, 2.24) is 0 Å². The van der Waals surface area contributed by atoms with Crippen LogP contribution in [0.2, 0.25) is 0 Å². The first-order chi connectivity index (χ1) is 11.6. The molecule has 0 bridgehead atoms. The molecule has 2 aromatic rings. The van der Waals surface area contributed by atoms with E-state index in [1.807, 2.05) is 30.3 Å². The summed E-state index contributed by atoms with van der Waals surface area (Å²) in [7, 11) is 0. The van der Waals surface area contributed by atoms with Crippen LogP contribution in [0.5, 0.6) is 5.75 Å². The van der Waals surface area contributed by atoms with Crippen molar-refractivity contribution in [3.63, 3.8) is 0 Å². The fourth-order valence-electron chi connectivity index (χ4n) is 2.39. The van der Waals surface area contributed by atoms with E-state index >= 15 is 0 Å². The number of unbranched alkanes of at least 4 members (excludes halogenated alkanes) is 1. The lowest BCUT2D eigenvalue weighted by Gasteiger charge is -2.11. The van der Waals surface area contributed by atoms with Gasteiger partial charge in [0, 0.05) is 4.47 Å². The molecule has 0 atom stereocenters. The van der Waals surface area contributed by atoms with E-state index in [4.69, 9.17) is 4.74 Å². The summed E-state index contributed by atoms with van der Waals surface area (Å²) in [6.07, 6.45) is 4.34. The molecule has 0 aliphatic heterocycles. The SMILES string of the molecule is CCCCc1ccc(NC(=O)COc2cccc(CC)c2)c(Br)c1. The van der Waals surface area contributed by atoms with Gasteiger partial charge in [-0.25, -0.2) is 0 Å². The van der Waals surface area contributed by atoms with Gasteiger partial charge in [0.25, 0.3) is 5.91 Å². The molecule has 2 rings (SSSR count). The Morgan fingerprint density at radius 3 is 2.67 bits per heavy atom. The van der Waals surface area contributed by atoms with Gasteiger partial charge in [-0.2, -0.15) is 0 Å². The van der Waals surface area contributed by atoms with Gasteiger partial charge < -0.3 is 10.1 Å². The number of amides is 1. The zero-order chi connectivity index (χ0) is 17.4. The monoisotopic (exact) mass is 389 g/mol. The Labute approximate surface area is 152 Å². The third-order valence-electron chi connectivity index (χ3n) is 3.80. The predicted molar refractivity (Wildman–Crippen MR) is 103 cm³/mol. The van der Waals surface area contributed by atoms with E-state index in [2.05, 4.69) is 47.2 Å². The standard InChI is InChI=1S/C20H24BrNO2/c1-3-5-7-16-10-11-19(18(21)13-16)22-20(23)14-24-17-9-6-8-15(4-2)12-17/h6,8-13H,3-5,7,14H2,1-2H3,(H,22,23). The van der Waals surface area contributed by atoms with Crippen molar-refractivity contribution in [3.05, 3.63) is 58.1 Å². The van der Waals surface area contributed by atoms with Gasteiger partial charge in [-0.15, -0.1) is 0 Å². The van der Waals surface area contributed by atoms with Gasteiger partial charge in [-0.1, -0.05) is 38.5 Å². The highest BCUT2D eigenvalue weighted by Gasteiger charge is 2.08. The van der Waals surface area contributed by atoms with Crippen LogP contribution in [0.25, 0.3) is 0 Å². The van der Waals surface area contributed by atoms with Crippen LogP contribution in [0, 0.1) is 0 Å². The van der Waals surface area contributed by atoms with Crippen molar-refractivity contribution in [2.45, 2.75) is 39.5 Å². The van der Waals surface area contributed by atoms with Gasteiger partial charge >= 0.3 is 0 Å². The van der Waals surface area contributed by atoms with Gasteiger partial charge in [0.2, 0.25) is 0 Å². The minimum Gasteiger partial charge on any atom is -0.484 e. The first-order valence-electron chi connectivity index (χ1n) is 8.42. The van der Waals surface area contributed by atoms with Crippen molar-refractivity contribution in [2.24, 2.45) is 0 Å². The van der Waals surface area contributed by atoms with Crippen LogP contribution >= 0.6 is 15.9 Å². The molecule has 24 heavy (non-hydrogen) atoms. The summed E-state index contributed by atoms with van der Waals surface area (Å²) < 4.78 is 6.47. The molecule has 4 heteroatoms. The molecule has 0 aromatic heterocycles. The number of halogens is 1. The fourth-order valence-corrected chi connectivity index (χ4v) is 2.91. The van der Waals surface area contributed by atoms with Gasteiger partial charge in [-0.3, -0.25) is 4.79 Å². The maximum absolute atomic E-state index is 12.1.